The van der Waals surface area contributed by atoms with Crippen LogP contribution >= 0.6 is 0 Å². The second kappa shape index (κ2) is 5.34. The average Bonchev–Trinajstić information content (AvgIpc) is 2.76. The van der Waals surface area contributed by atoms with Crippen LogP contribution in [0.1, 0.15) is 39.5 Å². The van der Waals surface area contributed by atoms with Crippen LogP contribution in [0.25, 0.3) is 0 Å². The van der Waals surface area contributed by atoms with E-state index in [1.807, 2.05) is 0 Å². The summed E-state index contributed by atoms with van der Waals surface area (Å²) in [6, 6.07) is 0. The van der Waals surface area contributed by atoms with Crippen LogP contribution in [0.5, 0.6) is 0 Å². The van der Waals surface area contributed by atoms with Crippen molar-refractivity contribution in [3.05, 3.63) is 12.4 Å². The summed E-state index contributed by atoms with van der Waals surface area (Å²) in [4.78, 5) is 8.65. The third-order valence-corrected chi connectivity index (χ3v) is 3.50. The lowest BCUT2D eigenvalue weighted by Gasteiger charge is -2.23. The molecular weight excluding hydrogens is 212 g/mol. The molecule has 1 aromatic heterocycles. The summed E-state index contributed by atoms with van der Waals surface area (Å²) in [6.45, 7) is 6.28. The van der Waals surface area contributed by atoms with Crippen LogP contribution in [-0.4, -0.2) is 23.1 Å². The summed E-state index contributed by atoms with van der Waals surface area (Å²) in [5.41, 5.74) is 0.440. The number of hydrogen-bond donors (Lipinski definition) is 2. The maximum atomic E-state index is 4.47. The Balaban J connectivity index is 1.91. The van der Waals surface area contributed by atoms with Gasteiger partial charge in [0, 0.05) is 13.1 Å². The zero-order valence-corrected chi connectivity index (χ0v) is 10.8. The molecule has 2 N–H and O–H groups in total. The Morgan fingerprint density at radius 2 is 1.82 bits per heavy atom. The predicted octanol–water partition coefficient (Wildman–Crippen LogP) is 2.90. The molecule has 2 rings (SSSR count). The van der Waals surface area contributed by atoms with Gasteiger partial charge in [0.25, 0.3) is 0 Å². The molecule has 1 aliphatic rings. The Morgan fingerprint density at radius 1 is 1.18 bits per heavy atom. The molecule has 1 saturated carbocycles. The van der Waals surface area contributed by atoms with Gasteiger partial charge in [0.1, 0.15) is 11.6 Å². The molecule has 17 heavy (non-hydrogen) atoms. The normalized spacial score (nSPS) is 18.0. The highest BCUT2D eigenvalue weighted by Crippen LogP contribution is 2.37. The smallest absolute Gasteiger partial charge is 0.146 e. The molecule has 1 aromatic rings. The van der Waals surface area contributed by atoms with Crippen molar-refractivity contribution in [1.82, 2.24) is 9.97 Å². The molecule has 1 fully saturated rings. The zero-order chi connectivity index (χ0) is 12.1. The molecular formula is C13H22N4. The highest BCUT2D eigenvalue weighted by Gasteiger charge is 2.28. The standard InChI is InChI=1S/C13H22N4/c1-3-15-11-8-14-9-12(17-11)16-10-13(2)6-4-5-7-13/h8-9H,3-7,10H2,1-2H3,(H2,15,16,17). The summed E-state index contributed by atoms with van der Waals surface area (Å²) in [6.07, 6.45) is 8.91. The van der Waals surface area contributed by atoms with E-state index in [0.29, 0.717) is 5.41 Å². The molecule has 0 bridgehead atoms. The van der Waals surface area contributed by atoms with E-state index in [1.165, 1.54) is 25.7 Å². The molecule has 0 atom stereocenters. The first-order valence-corrected chi connectivity index (χ1v) is 6.52. The molecule has 0 aliphatic heterocycles. The number of nitrogens with zero attached hydrogens (tertiary/aromatic N) is 2. The Bertz CT molecular complexity index is 358. The zero-order valence-electron chi connectivity index (χ0n) is 10.8. The number of anilines is 2. The van der Waals surface area contributed by atoms with E-state index in [-0.39, 0.29) is 0 Å². The largest absolute Gasteiger partial charge is 0.369 e. The Hall–Kier alpha value is -1.32. The third kappa shape index (κ3) is 3.32. The highest BCUT2D eigenvalue weighted by molar-refractivity contribution is 5.41. The summed E-state index contributed by atoms with van der Waals surface area (Å²) in [5.74, 6) is 1.71. The molecule has 4 nitrogen and oxygen atoms in total. The molecule has 4 heteroatoms. The number of rotatable bonds is 5. The van der Waals surface area contributed by atoms with Gasteiger partial charge in [-0.15, -0.1) is 0 Å². The summed E-state index contributed by atoms with van der Waals surface area (Å²) in [5, 5.41) is 6.58. The van der Waals surface area contributed by atoms with Crippen molar-refractivity contribution in [1.29, 1.82) is 0 Å². The van der Waals surface area contributed by atoms with E-state index in [1.54, 1.807) is 12.4 Å². The summed E-state index contributed by atoms with van der Waals surface area (Å²) < 4.78 is 0. The molecule has 0 radical (unpaired) electrons. The van der Waals surface area contributed by atoms with Gasteiger partial charge in [0.15, 0.2) is 0 Å². The fourth-order valence-electron chi connectivity index (χ4n) is 2.43. The minimum absolute atomic E-state index is 0.440. The van der Waals surface area contributed by atoms with Gasteiger partial charge >= 0.3 is 0 Å². The first-order chi connectivity index (χ1) is 8.22. The molecule has 0 unspecified atom stereocenters. The monoisotopic (exact) mass is 234 g/mol. The van der Waals surface area contributed by atoms with Crippen LogP contribution in [0.2, 0.25) is 0 Å². The maximum absolute atomic E-state index is 4.47. The number of aromatic nitrogens is 2. The minimum atomic E-state index is 0.440. The molecule has 1 aliphatic carbocycles. The Labute approximate surface area is 103 Å². The number of nitrogens with one attached hydrogen (secondary N) is 2. The van der Waals surface area contributed by atoms with Crippen LogP contribution in [0, 0.1) is 5.41 Å². The van der Waals surface area contributed by atoms with Crippen molar-refractivity contribution in [2.24, 2.45) is 5.41 Å². The second-order valence-corrected chi connectivity index (χ2v) is 5.19. The average molecular weight is 234 g/mol. The van der Waals surface area contributed by atoms with Gasteiger partial charge in [0.2, 0.25) is 0 Å². The van der Waals surface area contributed by atoms with Gasteiger partial charge < -0.3 is 10.6 Å². The van der Waals surface area contributed by atoms with Crippen molar-refractivity contribution >= 4 is 11.6 Å². The van der Waals surface area contributed by atoms with Crippen LogP contribution in [0.15, 0.2) is 12.4 Å². The topological polar surface area (TPSA) is 49.8 Å². The van der Waals surface area contributed by atoms with Crippen LogP contribution in [0.3, 0.4) is 0 Å². The van der Waals surface area contributed by atoms with Gasteiger partial charge in [0.05, 0.1) is 12.4 Å². The quantitative estimate of drug-likeness (QED) is 0.822. The Kier molecular flexibility index (Phi) is 3.82. The lowest BCUT2D eigenvalue weighted by atomic mass is 9.89. The van der Waals surface area contributed by atoms with E-state index in [4.69, 9.17) is 0 Å². The SMILES string of the molecule is CCNc1cncc(NCC2(C)CCCC2)n1. The lowest BCUT2D eigenvalue weighted by Crippen LogP contribution is -2.23. The van der Waals surface area contributed by atoms with Crippen molar-refractivity contribution in [2.75, 3.05) is 23.7 Å². The van der Waals surface area contributed by atoms with E-state index in [2.05, 4.69) is 34.4 Å². The highest BCUT2D eigenvalue weighted by atomic mass is 15.1. The van der Waals surface area contributed by atoms with Crippen molar-refractivity contribution in [3.63, 3.8) is 0 Å². The van der Waals surface area contributed by atoms with E-state index in [0.717, 1.165) is 24.7 Å². The molecule has 0 amide bonds. The molecule has 1 heterocycles. The maximum Gasteiger partial charge on any atom is 0.146 e. The van der Waals surface area contributed by atoms with E-state index in [9.17, 15) is 0 Å². The fourth-order valence-corrected chi connectivity index (χ4v) is 2.43. The predicted molar refractivity (Wildman–Crippen MR) is 71.3 cm³/mol. The first kappa shape index (κ1) is 12.1. The van der Waals surface area contributed by atoms with Crippen molar-refractivity contribution in [2.45, 2.75) is 39.5 Å². The van der Waals surface area contributed by atoms with Crippen molar-refractivity contribution in [3.8, 4) is 0 Å². The van der Waals surface area contributed by atoms with Crippen LogP contribution in [0.4, 0.5) is 11.6 Å². The number of hydrogen-bond acceptors (Lipinski definition) is 4. The molecule has 0 aromatic carbocycles. The van der Waals surface area contributed by atoms with Crippen LogP contribution in [-0.2, 0) is 0 Å². The minimum Gasteiger partial charge on any atom is -0.369 e. The van der Waals surface area contributed by atoms with Gasteiger partial charge in [-0.05, 0) is 25.2 Å². The summed E-state index contributed by atoms with van der Waals surface area (Å²) in [7, 11) is 0. The molecule has 0 saturated heterocycles. The van der Waals surface area contributed by atoms with Gasteiger partial charge in [-0.3, -0.25) is 4.98 Å². The van der Waals surface area contributed by atoms with E-state index >= 15 is 0 Å². The Morgan fingerprint density at radius 3 is 2.47 bits per heavy atom. The van der Waals surface area contributed by atoms with Gasteiger partial charge in [-0.25, -0.2) is 4.98 Å². The fraction of sp³-hybridized carbons (Fsp3) is 0.692. The molecule has 0 spiro atoms. The van der Waals surface area contributed by atoms with Gasteiger partial charge in [-0.1, -0.05) is 19.8 Å². The van der Waals surface area contributed by atoms with Crippen LogP contribution < -0.4 is 10.6 Å². The van der Waals surface area contributed by atoms with Crippen molar-refractivity contribution < 1.29 is 0 Å². The third-order valence-electron chi connectivity index (χ3n) is 3.50. The second-order valence-electron chi connectivity index (χ2n) is 5.19. The molecule has 94 valence electrons. The summed E-state index contributed by atoms with van der Waals surface area (Å²) >= 11 is 0. The first-order valence-electron chi connectivity index (χ1n) is 6.52. The van der Waals surface area contributed by atoms with E-state index < -0.39 is 0 Å². The lowest BCUT2D eigenvalue weighted by molar-refractivity contribution is 0.361. The van der Waals surface area contributed by atoms with Gasteiger partial charge in [-0.2, -0.15) is 0 Å².